The Morgan fingerprint density at radius 2 is 1.39 bits per heavy atom. The number of hydrogen-bond donors (Lipinski definition) is 0. The van der Waals surface area contributed by atoms with Gasteiger partial charge in [-0.2, -0.15) is 0 Å². The lowest BCUT2D eigenvalue weighted by atomic mass is 9.67. The van der Waals surface area contributed by atoms with E-state index in [0.29, 0.717) is 0 Å². The Bertz CT molecular complexity index is 2000. The zero-order chi connectivity index (χ0) is 29.9. The monoisotopic (exact) mass is 571 g/mol. The third-order valence-corrected chi connectivity index (χ3v) is 11.1. The van der Waals surface area contributed by atoms with Crippen LogP contribution in [0.1, 0.15) is 68.2 Å². The number of allylic oxidation sites excluding steroid dienone is 6. The first-order valence-electron chi connectivity index (χ1n) is 16.4. The summed E-state index contributed by atoms with van der Waals surface area (Å²) in [7, 11) is 2.29. The van der Waals surface area contributed by atoms with E-state index in [9.17, 15) is 0 Å². The maximum Gasteiger partial charge on any atom is 0.0454 e. The molecule has 8 rings (SSSR count). The van der Waals surface area contributed by atoms with Crippen LogP contribution in [0.25, 0.3) is 27.1 Å². The van der Waals surface area contributed by atoms with Gasteiger partial charge in [-0.3, -0.25) is 0 Å². The first kappa shape index (κ1) is 27.2. The van der Waals surface area contributed by atoms with Crippen molar-refractivity contribution in [2.45, 2.75) is 63.2 Å². The summed E-state index contributed by atoms with van der Waals surface area (Å²) >= 11 is 0. The molecule has 1 spiro atoms. The molecule has 1 unspecified atom stereocenters. The Labute approximate surface area is 262 Å². The molecule has 1 saturated carbocycles. The van der Waals surface area contributed by atoms with Gasteiger partial charge in [-0.15, -0.1) is 0 Å². The lowest BCUT2D eigenvalue weighted by molar-refractivity contribution is 0.348. The summed E-state index contributed by atoms with van der Waals surface area (Å²) in [6, 6.07) is 38.3. The molecule has 218 valence electrons. The molecular formula is C43H41N. The molecule has 1 atom stereocenters. The van der Waals surface area contributed by atoms with Crippen molar-refractivity contribution in [3.05, 3.63) is 155 Å². The number of likely N-dealkylation sites (N-methyl/N-ethyl adjacent to an activating group) is 1. The van der Waals surface area contributed by atoms with E-state index in [0.717, 1.165) is 6.42 Å². The molecule has 1 heteroatoms. The lowest BCUT2D eigenvalue weighted by Crippen LogP contribution is -2.32. The van der Waals surface area contributed by atoms with Gasteiger partial charge in [-0.25, -0.2) is 0 Å². The van der Waals surface area contributed by atoms with Gasteiger partial charge in [-0.1, -0.05) is 135 Å². The van der Waals surface area contributed by atoms with E-state index in [4.69, 9.17) is 0 Å². The number of anilines is 1. The van der Waals surface area contributed by atoms with Gasteiger partial charge in [0, 0.05) is 29.3 Å². The average molecular weight is 572 g/mol. The fraction of sp³-hybridized carbons (Fsp3) is 0.256. The molecule has 1 nitrogen and oxygen atoms in total. The summed E-state index contributed by atoms with van der Waals surface area (Å²) in [6.45, 7) is 4.81. The van der Waals surface area contributed by atoms with Crippen LogP contribution in [0.3, 0.4) is 0 Å². The third kappa shape index (κ3) is 3.98. The summed E-state index contributed by atoms with van der Waals surface area (Å²) in [5.74, 6) is 0. The molecule has 3 aliphatic rings. The highest BCUT2D eigenvalue weighted by atomic mass is 15.2. The molecule has 0 saturated heterocycles. The van der Waals surface area contributed by atoms with Crippen LogP contribution in [0, 0.1) is 0 Å². The SMILES string of the molecule is CC1=C(/C=C/C=C2/N(C)c3ccc4ccccc4c3C23CCCCC3)C(C)(Cc2ccccc2)c2ccc3ccccc3c21. The van der Waals surface area contributed by atoms with Gasteiger partial charge < -0.3 is 4.90 Å². The largest absolute Gasteiger partial charge is 0.347 e. The fourth-order valence-corrected chi connectivity index (χ4v) is 9.12. The predicted molar refractivity (Wildman–Crippen MR) is 188 cm³/mol. The van der Waals surface area contributed by atoms with E-state index >= 15 is 0 Å². The van der Waals surface area contributed by atoms with Crippen molar-refractivity contribution in [3.8, 4) is 0 Å². The van der Waals surface area contributed by atoms with Crippen LogP contribution in [0.4, 0.5) is 5.69 Å². The fourth-order valence-electron chi connectivity index (χ4n) is 9.12. The van der Waals surface area contributed by atoms with Gasteiger partial charge in [0.05, 0.1) is 0 Å². The van der Waals surface area contributed by atoms with Crippen molar-refractivity contribution in [3.63, 3.8) is 0 Å². The van der Waals surface area contributed by atoms with Crippen molar-refractivity contribution >= 4 is 32.8 Å². The maximum atomic E-state index is 2.50. The number of benzene rings is 5. The van der Waals surface area contributed by atoms with Crippen LogP contribution < -0.4 is 4.90 Å². The summed E-state index contributed by atoms with van der Waals surface area (Å²) in [4.78, 5) is 2.50. The Hall–Kier alpha value is -4.36. The lowest BCUT2D eigenvalue weighted by Gasteiger charge is -2.37. The zero-order valence-electron chi connectivity index (χ0n) is 26.2. The van der Waals surface area contributed by atoms with Crippen LogP contribution in [0.5, 0.6) is 0 Å². The summed E-state index contributed by atoms with van der Waals surface area (Å²) < 4.78 is 0. The molecule has 1 fully saturated rings. The topological polar surface area (TPSA) is 3.24 Å². The molecule has 5 aromatic rings. The van der Waals surface area contributed by atoms with Gasteiger partial charge >= 0.3 is 0 Å². The minimum atomic E-state index is -0.108. The molecule has 5 aromatic carbocycles. The Balaban J connectivity index is 1.27. The van der Waals surface area contributed by atoms with E-state index in [1.807, 2.05) is 0 Å². The third-order valence-electron chi connectivity index (χ3n) is 11.1. The molecule has 2 aliphatic carbocycles. The Morgan fingerprint density at radius 1 is 0.727 bits per heavy atom. The smallest absolute Gasteiger partial charge is 0.0454 e. The van der Waals surface area contributed by atoms with E-state index in [1.54, 1.807) is 5.56 Å². The minimum Gasteiger partial charge on any atom is -0.347 e. The maximum absolute atomic E-state index is 2.50. The summed E-state index contributed by atoms with van der Waals surface area (Å²) in [5, 5.41) is 5.47. The first-order valence-corrected chi connectivity index (χ1v) is 16.4. The number of fused-ring (bicyclic) bond motifs is 7. The second-order valence-electron chi connectivity index (χ2n) is 13.5. The van der Waals surface area contributed by atoms with Crippen LogP contribution in [-0.4, -0.2) is 7.05 Å². The number of hydrogen-bond acceptors (Lipinski definition) is 1. The molecular weight excluding hydrogens is 530 g/mol. The minimum absolute atomic E-state index is 0.0825. The van der Waals surface area contributed by atoms with Crippen LogP contribution in [0.15, 0.2) is 133 Å². The molecule has 44 heavy (non-hydrogen) atoms. The molecule has 1 heterocycles. The van der Waals surface area contributed by atoms with Gasteiger partial charge in [-0.05, 0) is 93.3 Å². The van der Waals surface area contributed by atoms with E-state index < -0.39 is 0 Å². The molecule has 1 aliphatic heterocycles. The predicted octanol–water partition coefficient (Wildman–Crippen LogP) is 11.1. The Kier molecular flexibility index (Phi) is 6.42. The highest BCUT2D eigenvalue weighted by Gasteiger charge is 2.47. The van der Waals surface area contributed by atoms with E-state index in [2.05, 4.69) is 147 Å². The second-order valence-corrected chi connectivity index (χ2v) is 13.5. The van der Waals surface area contributed by atoms with Crippen molar-refractivity contribution in [2.75, 3.05) is 11.9 Å². The van der Waals surface area contributed by atoms with Gasteiger partial charge in [0.15, 0.2) is 0 Å². The summed E-state index contributed by atoms with van der Waals surface area (Å²) in [6.07, 6.45) is 14.6. The molecule has 0 radical (unpaired) electrons. The summed E-state index contributed by atoms with van der Waals surface area (Å²) in [5.41, 5.74) is 11.5. The van der Waals surface area contributed by atoms with E-state index in [1.165, 1.54) is 92.9 Å². The van der Waals surface area contributed by atoms with Gasteiger partial charge in [0.1, 0.15) is 0 Å². The average Bonchev–Trinajstić information content (AvgIpc) is 3.41. The van der Waals surface area contributed by atoms with E-state index in [-0.39, 0.29) is 10.8 Å². The molecule has 0 N–H and O–H groups in total. The highest BCUT2D eigenvalue weighted by molar-refractivity contribution is 6.00. The normalized spacial score (nSPS) is 21.7. The van der Waals surface area contributed by atoms with Crippen molar-refractivity contribution in [1.29, 1.82) is 0 Å². The standard InChI is InChI=1S/C43H41N/c1-30-36(42(2,29-31-15-6-4-7-16-31)37-25-23-32-17-8-10-19-34(32)40(30)37)21-14-22-39-43(27-12-5-13-28-43)41-35-20-11-9-18-33(35)24-26-38(41)44(39)3/h4,6-11,14-26H,5,12-13,27-29H2,1-3H3/b21-14+,39-22+. The molecule has 0 aromatic heterocycles. The quantitative estimate of drug-likeness (QED) is 0.207. The van der Waals surface area contributed by atoms with Crippen molar-refractivity contribution in [2.24, 2.45) is 0 Å². The number of nitrogens with zero attached hydrogens (tertiary/aromatic N) is 1. The van der Waals surface area contributed by atoms with Crippen molar-refractivity contribution in [1.82, 2.24) is 0 Å². The number of rotatable bonds is 4. The Morgan fingerprint density at radius 3 is 2.16 bits per heavy atom. The van der Waals surface area contributed by atoms with Crippen LogP contribution in [-0.2, 0) is 17.3 Å². The van der Waals surface area contributed by atoms with Gasteiger partial charge in [0.25, 0.3) is 0 Å². The van der Waals surface area contributed by atoms with Crippen LogP contribution in [0.2, 0.25) is 0 Å². The molecule has 0 amide bonds. The van der Waals surface area contributed by atoms with Crippen LogP contribution >= 0.6 is 0 Å². The van der Waals surface area contributed by atoms with Gasteiger partial charge in [0.2, 0.25) is 0 Å². The zero-order valence-corrected chi connectivity index (χ0v) is 26.2. The van der Waals surface area contributed by atoms with Crippen molar-refractivity contribution < 1.29 is 0 Å². The molecule has 0 bridgehead atoms. The highest BCUT2D eigenvalue weighted by Crippen LogP contribution is 2.57. The second kappa shape index (κ2) is 10.4. The first-order chi connectivity index (χ1) is 21.5.